The van der Waals surface area contributed by atoms with Gasteiger partial charge in [-0.2, -0.15) is 0 Å². The number of phenols is 1. The van der Waals surface area contributed by atoms with Gasteiger partial charge in [-0.15, -0.1) is 6.58 Å². The van der Waals surface area contributed by atoms with Crippen LogP contribution in [0.3, 0.4) is 0 Å². The van der Waals surface area contributed by atoms with E-state index in [0.717, 1.165) is 24.3 Å². The molecule has 1 N–H and O–H groups in total. The highest BCUT2D eigenvalue weighted by Crippen LogP contribution is 2.21. The lowest BCUT2D eigenvalue weighted by molar-refractivity contribution is 0.469. The summed E-state index contributed by atoms with van der Waals surface area (Å²) in [5.74, 6) is 1.22. The Morgan fingerprint density at radius 1 is 1.16 bits per heavy atom. The van der Waals surface area contributed by atoms with E-state index in [-0.39, 0.29) is 0 Å². The lowest BCUT2D eigenvalue weighted by Crippen LogP contribution is -1.91. The zero-order valence-corrected chi connectivity index (χ0v) is 12.5. The summed E-state index contributed by atoms with van der Waals surface area (Å²) in [4.78, 5) is 0. The molecule has 1 heteroatoms. The summed E-state index contributed by atoms with van der Waals surface area (Å²) in [7, 11) is 0. The van der Waals surface area contributed by atoms with Crippen LogP contribution in [0.25, 0.3) is 0 Å². The largest absolute Gasteiger partial charge is 0.508 e. The van der Waals surface area contributed by atoms with Crippen LogP contribution in [-0.2, 0) is 12.8 Å². The third-order valence-corrected chi connectivity index (χ3v) is 3.51. The van der Waals surface area contributed by atoms with Crippen molar-refractivity contribution in [3.63, 3.8) is 0 Å². The van der Waals surface area contributed by atoms with Crippen LogP contribution in [0.15, 0.2) is 30.9 Å². The van der Waals surface area contributed by atoms with Crippen molar-refractivity contribution in [3.05, 3.63) is 42.0 Å². The molecule has 0 amide bonds. The molecule has 106 valence electrons. The molecule has 0 bridgehead atoms. The van der Waals surface area contributed by atoms with Crippen LogP contribution < -0.4 is 0 Å². The van der Waals surface area contributed by atoms with E-state index in [9.17, 15) is 5.11 Å². The second-order valence-corrected chi connectivity index (χ2v) is 5.80. The maximum atomic E-state index is 9.71. The van der Waals surface area contributed by atoms with Crippen molar-refractivity contribution < 1.29 is 5.11 Å². The first kappa shape index (κ1) is 15.8. The molecule has 1 aromatic rings. The Labute approximate surface area is 118 Å². The monoisotopic (exact) mass is 260 g/mol. The fourth-order valence-corrected chi connectivity index (χ4v) is 2.35. The predicted octanol–water partition coefficient (Wildman–Crippen LogP) is 5.27. The maximum Gasteiger partial charge on any atom is 0.119 e. The van der Waals surface area contributed by atoms with Gasteiger partial charge in [0.2, 0.25) is 0 Å². The highest BCUT2D eigenvalue weighted by atomic mass is 16.3. The number of aromatic hydroxyl groups is 1. The first-order chi connectivity index (χ1) is 9.13. The zero-order chi connectivity index (χ0) is 14.1. The van der Waals surface area contributed by atoms with E-state index in [1.165, 1.54) is 37.7 Å². The molecule has 0 unspecified atom stereocenters. The van der Waals surface area contributed by atoms with E-state index >= 15 is 0 Å². The second-order valence-electron chi connectivity index (χ2n) is 5.80. The lowest BCUT2D eigenvalue weighted by Gasteiger charge is -2.07. The van der Waals surface area contributed by atoms with Gasteiger partial charge in [0.25, 0.3) is 0 Å². The van der Waals surface area contributed by atoms with Crippen LogP contribution in [0.1, 0.15) is 57.1 Å². The van der Waals surface area contributed by atoms with Gasteiger partial charge in [-0.1, -0.05) is 57.7 Å². The van der Waals surface area contributed by atoms with Gasteiger partial charge in [0, 0.05) is 0 Å². The standard InChI is InChI=1S/C18H28O/c1-4-9-17-14-16(12-13-18(17)19)11-8-6-5-7-10-15(2)3/h4,12-15,19H,1,5-11H2,2-3H3. The number of hydrogen-bond donors (Lipinski definition) is 1. The molecule has 0 aliphatic rings. The highest BCUT2D eigenvalue weighted by Gasteiger charge is 2.01. The summed E-state index contributed by atoms with van der Waals surface area (Å²) in [6.45, 7) is 8.30. The van der Waals surface area contributed by atoms with Gasteiger partial charge in [0.15, 0.2) is 0 Å². The van der Waals surface area contributed by atoms with Crippen LogP contribution in [0.4, 0.5) is 0 Å². The summed E-state index contributed by atoms with van der Waals surface area (Å²) in [5, 5.41) is 9.71. The molecule has 0 aromatic heterocycles. The summed E-state index contributed by atoms with van der Waals surface area (Å²) in [6, 6.07) is 5.97. The van der Waals surface area contributed by atoms with Crippen molar-refractivity contribution in [3.8, 4) is 5.75 Å². The Hall–Kier alpha value is -1.24. The van der Waals surface area contributed by atoms with Gasteiger partial charge in [0.1, 0.15) is 5.75 Å². The Morgan fingerprint density at radius 3 is 2.58 bits per heavy atom. The van der Waals surface area contributed by atoms with E-state index in [1.807, 2.05) is 18.2 Å². The number of benzene rings is 1. The van der Waals surface area contributed by atoms with Gasteiger partial charge < -0.3 is 5.11 Å². The van der Waals surface area contributed by atoms with Gasteiger partial charge >= 0.3 is 0 Å². The summed E-state index contributed by atoms with van der Waals surface area (Å²) in [5.41, 5.74) is 2.32. The number of unbranched alkanes of at least 4 members (excludes halogenated alkanes) is 3. The first-order valence-corrected chi connectivity index (χ1v) is 7.55. The minimum atomic E-state index is 0.389. The summed E-state index contributed by atoms with van der Waals surface area (Å²) in [6.07, 6.45) is 10.3. The molecule has 0 atom stereocenters. The third kappa shape index (κ3) is 6.47. The molecule has 0 radical (unpaired) electrons. The van der Waals surface area contributed by atoms with Crippen LogP contribution in [0.2, 0.25) is 0 Å². The van der Waals surface area contributed by atoms with Gasteiger partial charge in [-0.05, 0) is 42.4 Å². The zero-order valence-electron chi connectivity index (χ0n) is 12.5. The number of phenolic OH excluding ortho intramolecular Hbond substituents is 1. The molecule has 1 aromatic carbocycles. The van der Waals surface area contributed by atoms with Crippen molar-refractivity contribution in [2.24, 2.45) is 5.92 Å². The Morgan fingerprint density at radius 2 is 1.89 bits per heavy atom. The van der Waals surface area contributed by atoms with Crippen molar-refractivity contribution >= 4 is 0 Å². The smallest absolute Gasteiger partial charge is 0.119 e. The SMILES string of the molecule is C=CCc1cc(CCCCCCC(C)C)ccc1O. The van der Waals surface area contributed by atoms with Crippen molar-refractivity contribution in [2.75, 3.05) is 0 Å². The van der Waals surface area contributed by atoms with Gasteiger partial charge in [0.05, 0.1) is 0 Å². The Kier molecular flexibility index (Phi) is 7.32. The molecule has 19 heavy (non-hydrogen) atoms. The van der Waals surface area contributed by atoms with Gasteiger partial charge in [-0.25, -0.2) is 0 Å². The molecule has 0 aliphatic carbocycles. The third-order valence-electron chi connectivity index (χ3n) is 3.51. The number of rotatable bonds is 9. The first-order valence-electron chi connectivity index (χ1n) is 7.55. The van der Waals surface area contributed by atoms with Crippen molar-refractivity contribution in [1.29, 1.82) is 0 Å². The van der Waals surface area contributed by atoms with E-state index in [0.29, 0.717) is 5.75 Å². The fourth-order valence-electron chi connectivity index (χ4n) is 2.35. The Bertz CT molecular complexity index is 379. The molecule has 0 spiro atoms. The van der Waals surface area contributed by atoms with Crippen molar-refractivity contribution in [2.45, 2.75) is 58.8 Å². The van der Waals surface area contributed by atoms with Crippen LogP contribution >= 0.6 is 0 Å². The highest BCUT2D eigenvalue weighted by molar-refractivity contribution is 5.37. The molecule has 0 fully saturated rings. The van der Waals surface area contributed by atoms with Gasteiger partial charge in [-0.3, -0.25) is 0 Å². The van der Waals surface area contributed by atoms with Crippen LogP contribution in [0.5, 0.6) is 5.75 Å². The minimum Gasteiger partial charge on any atom is -0.508 e. The number of hydrogen-bond acceptors (Lipinski definition) is 1. The normalized spacial score (nSPS) is 10.9. The average Bonchev–Trinajstić information content (AvgIpc) is 2.37. The Balaban J connectivity index is 2.29. The van der Waals surface area contributed by atoms with Crippen LogP contribution in [0, 0.1) is 5.92 Å². The van der Waals surface area contributed by atoms with Crippen molar-refractivity contribution in [1.82, 2.24) is 0 Å². The molecular weight excluding hydrogens is 232 g/mol. The second kappa shape index (κ2) is 8.79. The lowest BCUT2D eigenvalue weighted by atomic mass is 10.0. The molecule has 1 nitrogen and oxygen atoms in total. The molecule has 0 heterocycles. The van der Waals surface area contributed by atoms with Crippen LogP contribution in [-0.4, -0.2) is 5.11 Å². The molecule has 1 rings (SSSR count). The molecular formula is C18H28O. The minimum absolute atomic E-state index is 0.389. The summed E-state index contributed by atoms with van der Waals surface area (Å²) >= 11 is 0. The fraction of sp³-hybridized carbons (Fsp3) is 0.556. The van der Waals surface area contributed by atoms with E-state index in [2.05, 4.69) is 26.5 Å². The average molecular weight is 260 g/mol. The molecule has 0 saturated carbocycles. The maximum absolute atomic E-state index is 9.71. The number of aryl methyl sites for hydroxylation is 1. The predicted molar refractivity (Wildman–Crippen MR) is 83.6 cm³/mol. The molecule has 0 saturated heterocycles. The van der Waals surface area contributed by atoms with E-state index in [4.69, 9.17) is 0 Å². The summed E-state index contributed by atoms with van der Waals surface area (Å²) < 4.78 is 0. The quantitative estimate of drug-likeness (QED) is 0.473. The van der Waals surface area contributed by atoms with E-state index in [1.54, 1.807) is 0 Å². The topological polar surface area (TPSA) is 20.2 Å². The number of allylic oxidation sites excluding steroid dienone is 1. The molecule has 0 aliphatic heterocycles. The van der Waals surface area contributed by atoms with E-state index < -0.39 is 0 Å².